The maximum atomic E-state index is 13.2. The molecular weight excluding hydrogens is 169 g/mol. The van der Waals surface area contributed by atoms with Gasteiger partial charge in [0, 0.05) is 0 Å². The second-order valence-corrected chi connectivity index (χ2v) is 5.73. The summed E-state index contributed by atoms with van der Waals surface area (Å²) in [4.78, 5) is 0. The summed E-state index contributed by atoms with van der Waals surface area (Å²) in [6.07, 6.45) is 0. The Balaban J connectivity index is 2.79. The largest absolute Gasteiger partial charge is 0.321 e. The van der Waals surface area contributed by atoms with Crippen LogP contribution in [0.25, 0.3) is 0 Å². The van der Waals surface area contributed by atoms with E-state index in [2.05, 4.69) is 0 Å². The summed E-state index contributed by atoms with van der Waals surface area (Å²) in [6, 6.07) is 0. The highest BCUT2D eigenvalue weighted by Gasteiger charge is 2.55. The van der Waals surface area contributed by atoms with Gasteiger partial charge in [0.15, 0.2) is 9.84 Å². The minimum Gasteiger partial charge on any atom is -0.321 e. The molecule has 0 radical (unpaired) electrons. The van der Waals surface area contributed by atoms with Crippen molar-refractivity contribution in [3.63, 3.8) is 0 Å². The lowest BCUT2D eigenvalue weighted by Gasteiger charge is -2.44. The van der Waals surface area contributed by atoms with Gasteiger partial charge in [-0.1, -0.05) is 0 Å². The molecule has 0 saturated carbocycles. The number of hydrogen-bond acceptors (Lipinski definition) is 3. The average molecular weight is 181 g/mol. The van der Waals surface area contributed by atoms with Gasteiger partial charge in [0.2, 0.25) is 0 Å². The van der Waals surface area contributed by atoms with E-state index in [1.54, 1.807) is 0 Å². The third-order valence-corrected chi connectivity index (χ3v) is 4.05. The summed E-state index contributed by atoms with van der Waals surface area (Å²) in [5.41, 5.74) is 2.73. The molecule has 0 aromatic rings. The molecule has 1 fully saturated rings. The Morgan fingerprint density at radius 1 is 1.45 bits per heavy atom. The van der Waals surface area contributed by atoms with Crippen molar-refractivity contribution in [1.29, 1.82) is 0 Å². The third kappa shape index (κ3) is 1.39. The second kappa shape index (κ2) is 1.95. The normalized spacial score (nSPS) is 27.6. The molecule has 0 bridgehead atoms. The SMILES string of the molecule is CC(C)(F)C1(N)CS(=O)(=O)C1. The van der Waals surface area contributed by atoms with E-state index in [-0.39, 0.29) is 11.5 Å². The van der Waals surface area contributed by atoms with Crippen LogP contribution in [0.4, 0.5) is 4.39 Å². The van der Waals surface area contributed by atoms with E-state index < -0.39 is 21.0 Å². The Labute approximate surface area is 65.7 Å². The number of nitrogens with two attached hydrogens (primary N) is 1. The van der Waals surface area contributed by atoms with Crippen LogP contribution in [0.3, 0.4) is 0 Å². The van der Waals surface area contributed by atoms with Crippen molar-refractivity contribution in [1.82, 2.24) is 0 Å². The molecule has 0 aromatic carbocycles. The first-order valence-corrected chi connectivity index (χ1v) is 5.17. The fraction of sp³-hybridized carbons (Fsp3) is 1.00. The summed E-state index contributed by atoms with van der Waals surface area (Å²) in [5.74, 6) is -0.465. The molecular formula is C6H12FNO2S. The van der Waals surface area contributed by atoms with E-state index in [0.717, 1.165) is 0 Å². The van der Waals surface area contributed by atoms with Gasteiger partial charge < -0.3 is 5.73 Å². The fourth-order valence-corrected chi connectivity index (χ4v) is 3.26. The summed E-state index contributed by atoms with van der Waals surface area (Å²) >= 11 is 0. The van der Waals surface area contributed by atoms with Crippen molar-refractivity contribution < 1.29 is 12.8 Å². The molecule has 1 rings (SSSR count). The third-order valence-electron chi connectivity index (χ3n) is 2.14. The first-order valence-electron chi connectivity index (χ1n) is 3.35. The topological polar surface area (TPSA) is 60.2 Å². The van der Waals surface area contributed by atoms with Crippen LogP contribution >= 0.6 is 0 Å². The summed E-state index contributed by atoms with van der Waals surface area (Å²) in [6.45, 7) is 2.61. The van der Waals surface area contributed by atoms with Crippen molar-refractivity contribution in [3.05, 3.63) is 0 Å². The van der Waals surface area contributed by atoms with Crippen LogP contribution in [0.5, 0.6) is 0 Å². The van der Waals surface area contributed by atoms with Gasteiger partial charge in [-0.05, 0) is 13.8 Å². The van der Waals surface area contributed by atoms with Crippen LogP contribution in [0.2, 0.25) is 0 Å². The molecule has 0 spiro atoms. The Morgan fingerprint density at radius 3 is 1.91 bits per heavy atom. The standard InChI is InChI=1S/C6H12FNO2S/c1-5(2,7)6(8)3-11(9,10)4-6/h3-4,8H2,1-2H3. The highest BCUT2D eigenvalue weighted by Crippen LogP contribution is 2.34. The van der Waals surface area contributed by atoms with E-state index >= 15 is 0 Å². The Morgan fingerprint density at radius 2 is 1.82 bits per heavy atom. The predicted molar refractivity (Wildman–Crippen MR) is 40.8 cm³/mol. The molecule has 5 heteroatoms. The maximum absolute atomic E-state index is 13.2. The highest BCUT2D eigenvalue weighted by atomic mass is 32.2. The van der Waals surface area contributed by atoms with Crippen molar-refractivity contribution in [2.45, 2.75) is 25.1 Å². The van der Waals surface area contributed by atoms with Gasteiger partial charge in [-0.2, -0.15) is 0 Å². The zero-order chi connectivity index (χ0) is 8.91. The minimum absolute atomic E-state index is 0.233. The molecule has 0 unspecified atom stereocenters. The van der Waals surface area contributed by atoms with Gasteiger partial charge in [0.25, 0.3) is 0 Å². The molecule has 1 saturated heterocycles. The lowest BCUT2D eigenvalue weighted by Crippen LogP contribution is -2.70. The lowest BCUT2D eigenvalue weighted by molar-refractivity contribution is 0.113. The van der Waals surface area contributed by atoms with Gasteiger partial charge in [-0.15, -0.1) is 0 Å². The van der Waals surface area contributed by atoms with Gasteiger partial charge >= 0.3 is 0 Å². The van der Waals surface area contributed by atoms with Crippen molar-refractivity contribution >= 4 is 9.84 Å². The summed E-state index contributed by atoms with van der Waals surface area (Å²) < 4.78 is 34.6. The minimum atomic E-state index is -3.04. The second-order valence-electron chi connectivity index (χ2n) is 3.66. The van der Waals surface area contributed by atoms with Crippen LogP contribution in [0.1, 0.15) is 13.8 Å². The van der Waals surface area contributed by atoms with E-state index in [0.29, 0.717) is 0 Å². The molecule has 11 heavy (non-hydrogen) atoms. The molecule has 1 heterocycles. The Kier molecular flexibility index (Phi) is 1.59. The monoisotopic (exact) mass is 181 g/mol. The molecule has 1 aliphatic rings. The molecule has 0 aliphatic carbocycles. The van der Waals surface area contributed by atoms with Crippen LogP contribution in [-0.2, 0) is 9.84 Å². The number of rotatable bonds is 1. The van der Waals surface area contributed by atoms with E-state index in [4.69, 9.17) is 5.73 Å². The molecule has 1 aliphatic heterocycles. The molecule has 0 aromatic heterocycles. The molecule has 66 valence electrons. The van der Waals surface area contributed by atoms with E-state index in [9.17, 15) is 12.8 Å². The number of hydrogen-bond donors (Lipinski definition) is 1. The van der Waals surface area contributed by atoms with Crippen molar-refractivity contribution in [2.75, 3.05) is 11.5 Å². The van der Waals surface area contributed by atoms with Gasteiger partial charge in [-0.25, -0.2) is 12.8 Å². The number of sulfone groups is 1. The lowest BCUT2D eigenvalue weighted by atomic mass is 9.88. The smallest absolute Gasteiger partial charge is 0.154 e. The predicted octanol–water partition coefficient (Wildman–Crippen LogP) is -0.140. The molecule has 2 N–H and O–H groups in total. The molecule has 3 nitrogen and oxygen atoms in total. The quantitative estimate of drug-likeness (QED) is 0.612. The van der Waals surface area contributed by atoms with E-state index in [1.165, 1.54) is 13.8 Å². The fourth-order valence-electron chi connectivity index (χ4n) is 1.09. The van der Waals surface area contributed by atoms with Crippen LogP contribution < -0.4 is 5.73 Å². The Bertz CT molecular complexity index is 253. The average Bonchev–Trinajstić information content (AvgIpc) is 1.55. The first-order chi connectivity index (χ1) is 4.66. The van der Waals surface area contributed by atoms with Crippen molar-refractivity contribution in [3.8, 4) is 0 Å². The van der Waals surface area contributed by atoms with Crippen LogP contribution in [0, 0.1) is 0 Å². The summed E-state index contributed by atoms with van der Waals surface area (Å²) in [5, 5.41) is 0. The zero-order valence-electron chi connectivity index (χ0n) is 6.59. The van der Waals surface area contributed by atoms with Crippen LogP contribution in [0.15, 0.2) is 0 Å². The van der Waals surface area contributed by atoms with Crippen LogP contribution in [-0.4, -0.2) is 31.1 Å². The highest BCUT2D eigenvalue weighted by molar-refractivity contribution is 7.93. The maximum Gasteiger partial charge on any atom is 0.154 e. The number of alkyl halides is 1. The molecule has 0 atom stereocenters. The number of halogens is 1. The van der Waals surface area contributed by atoms with Gasteiger partial charge in [-0.3, -0.25) is 0 Å². The van der Waals surface area contributed by atoms with Gasteiger partial charge in [0.05, 0.1) is 17.0 Å². The first kappa shape index (κ1) is 8.93. The van der Waals surface area contributed by atoms with Gasteiger partial charge in [0.1, 0.15) is 5.67 Å². The van der Waals surface area contributed by atoms with Crippen molar-refractivity contribution in [2.24, 2.45) is 5.73 Å². The molecule has 0 amide bonds. The zero-order valence-corrected chi connectivity index (χ0v) is 7.41. The summed E-state index contributed by atoms with van der Waals surface area (Å²) in [7, 11) is -3.04. The Hall–Kier alpha value is -0.160. The van der Waals surface area contributed by atoms with E-state index in [1.807, 2.05) is 0 Å².